The molecule has 1 aliphatic heterocycles. The van der Waals surface area contributed by atoms with Crippen molar-refractivity contribution in [2.24, 2.45) is 0 Å². The first-order valence-corrected chi connectivity index (χ1v) is 9.76. The first-order valence-electron chi connectivity index (χ1n) is 9.01. The Morgan fingerprint density at radius 3 is 2.55 bits per heavy atom. The van der Waals surface area contributed by atoms with Crippen molar-refractivity contribution < 1.29 is 23.9 Å². The van der Waals surface area contributed by atoms with E-state index in [1.807, 2.05) is 6.92 Å². The van der Waals surface area contributed by atoms with Gasteiger partial charge in [-0.25, -0.2) is 9.80 Å². The van der Waals surface area contributed by atoms with Crippen LogP contribution in [0.2, 0.25) is 10.0 Å². The van der Waals surface area contributed by atoms with E-state index in [4.69, 9.17) is 27.6 Å². The maximum Gasteiger partial charge on any atom is 0.335 e. The smallest absolute Gasteiger partial charge is 0.335 e. The molecule has 0 saturated carbocycles. The Hall–Kier alpha value is -3.55. The molecule has 0 bridgehead atoms. The van der Waals surface area contributed by atoms with Gasteiger partial charge in [0.05, 0.1) is 21.3 Å². The summed E-state index contributed by atoms with van der Waals surface area (Å²) in [5, 5.41) is 10.8. The summed E-state index contributed by atoms with van der Waals surface area (Å²) in [5.74, 6) is -1.54. The molecule has 1 aromatic heterocycles. The zero-order valence-electron chi connectivity index (χ0n) is 16.0. The summed E-state index contributed by atoms with van der Waals surface area (Å²) in [6.07, 6.45) is 1.33. The van der Waals surface area contributed by atoms with Crippen molar-refractivity contribution in [2.45, 2.75) is 6.92 Å². The largest absolute Gasteiger partial charge is 0.478 e. The second kappa shape index (κ2) is 7.94. The van der Waals surface area contributed by atoms with Crippen LogP contribution in [0.5, 0.6) is 0 Å². The van der Waals surface area contributed by atoms with Gasteiger partial charge in [-0.3, -0.25) is 15.0 Å². The Labute approximate surface area is 186 Å². The third kappa shape index (κ3) is 3.93. The molecule has 9 heteroatoms. The summed E-state index contributed by atoms with van der Waals surface area (Å²) in [6.45, 7) is 1.82. The van der Waals surface area contributed by atoms with Crippen molar-refractivity contribution in [1.82, 2.24) is 5.43 Å². The highest BCUT2D eigenvalue weighted by molar-refractivity contribution is 6.42. The third-order valence-corrected chi connectivity index (χ3v) is 5.46. The number of anilines is 1. The fourth-order valence-corrected chi connectivity index (χ4v) is 3.39. The summed E-state index contributed by atoms with van der Waals surface area (Å²) >= 11 is 11.9. The van der Waals surface area contributed by atoms with Crippen LogP contribution in [0.25, 0.3) is 17.4 Å². The Kier molecular flexibility index (Phi) is 5.31. The highest BCUT2D eigenvalue weighted by atomic mass is 35.5. The molecule has 4 rings (SSSR count). The normalized spacial score (nSPS) is 14.9. The standard InChI is InChI=1S/C22H14Cl2N2O5/c1-11-2-3-12(22(29)30)8-15(11)19-7-5-14(31-19)10-16-20(27)25-26(21(16)28)13-4-6-17(23)18(24)9-13/h2-10H,1H3,(H,25,27)(H,29,30)/b16-10+. The molecular formula is C22H14Cl2N2O5. The molecule has 156 valence electrons. The van der Waals surface area contributed by atoms with Crippen LogP contribution >= 0.6 is 23.2 Å². The van der Waals surface area contributed by atoms with Gasteiger partial charge in [0, 0.05) is 5.56 Å². The van der Waals surface area contributed by atoms with Crippen molar-refractivity contribution in [3.05, 3.63) is 81.0 Å². The van der Waals surface area contributed by atoms with Gasteiger partial charge in [-0.1, -0.05) is 29.3 Å². The minimum Gasteiger partial charge on any atom is -0.478 e. The van der Waals surface area contributed by atoms with Crippen LogP contribution < -0.4 is 10.4 Å². The third-order valence-electron chi connectivity index (χ3n) is 4.72. The number of carbonyl (C=O) groups excluding carboxylic acids is 2. The zero-order valence-corrected chi connectivity index (χ0v) is 17.5. The molecule has 1 fully saturated rings. The van der Waals surface area contributed by atoms with Crippen LogP contribution in [-0.4, -0.2) is 22.9 Å². The van der Waals surface area contributed by atoms with Crippen molar-refractivity contribution >= 4 is 52.7 Å². The number of carboxylic acid groups (broad SMARTS) is 1. The first-order chi connectivity index (χ1) is 14.7. The van der Waals surface area contributed by atoms with E-state index in [0.29, 0.717) is 22.0 Å². The van der Waals surface area contributed by atoms with Gasteiger partial charge >= 0.3 is 5.97 Å². The number of hydrogen-bond donors (Lipinski definition) is 2. The van der Waals surface area contributed by atoms with Crippen LogP contribution in [0.3, 0.4) is 0 Å². The van der Waals surface area contributed by atoms with Gasteiger partial charge in [-0.2, -0.15) is 0 Å². The SMILES string of the molecule is Cc1ccc(C(=O)O)cc1-c1ccc(/C=C2\C(=O)NN(c3ccc(Cl)c(Cl)c3)C2=O)o1. The van der Waals surface area contributed by atoms with Gasteiger partial charge in [0.15, 0.2) is 0 Å². The molecule has 3 aromatic rings. The lowest BCUT2D eigenvalue weighted by atomic mass is 10.0. The van der Waals surface area contributed by atoms with Crippen LogP contribution in [0.4, 0.5) is 5.69 Å². The van der Waals surface area contributed by atoms with Crippen molar-refractivity contribution in [2.75, 3.05) is 5.01 Å². The van der Waals surface area contributed by atoms with Crippen LogP contribution in [0.1, 0.15) is 21.7 Å². The molecule has 1 saturated heterocycles. The lowest BCUT2D eigenvalue weighted by Crippen LogP contribution is -2.35. The molecule has 0 unspecified atom stereocenters. The van der Waals surface area contributed by atoms with Gasteiger partial charge in [-0.15, -0.1) is 0 Å². The lowest BCUT2D eigenvalue weighted by molar-refractivity contribution is -0.117. The Balaban J connectivity index is 1.64. The van der Waals surface area contributed by atoms with E-state index in [-0.39, 0.29) is 21.9 Å². The molecule has 2 N–H and O–H groups in total. The summed E-state index contributed by atoms with van der Waals surface area (Å²) < 4.78 is 5.76. The Morgan fingerprint density at radius 1 is 1.06 bits per heavy atom. The summed E-state index contributed by atoms with van der Waals surface area (Å²) in [4.78, 5) is 36.4. The lowest BCUT2D eigenvalue weighted by Gasteiger charge is -2.15. The number of halogens is 2. The topological polar surface area (TPSA) is 99.8 Å². The number of aryl methyl sites for hydroxylation is 1. The Bertz CT molecular complexity index is 1280. The average molecular weight is 457 g/mol. The molecule has 0 aliphatic carbocycles. The van der Waals surface area contributed by atoms with Crippen molar-refractivity contribution in [3.63, 3.8) is 0 Å². The minimum atomic E-state index is -1.05. The fraction of sp³-hybridized carbons (Fsp3) is 0.0455. The number of benzene rings is 2. The van der Waals surface area contributed by atoms with Crippen molar-refractivity contribution in [3.8, 4) is 11.3 Å². The van der Waals surface area contributed by atoms with Gasteiger partial charge in [0.1, 0.15) is 17.1 Å². The van der Waals surface area contributed by atoms with E-state index in [2.05, 4.69) is 5.43 Å². The van der Waals surface area contributed by atoms with E-state index in [0.717, 1.165) is 10.6 Å². The predicted molar refractivity (Wildman–Crippen MR) is 116 cm³/mol. The quantitative estimate of drug-likeness (QED) is 0.436. The molecular weight excluding hydrogens is 443 g/mol. The summed E-state index contributed by atoms with van der Waals surface area (Å²) in [6, 6.07) is 12.5. The van der Waals surface area contributed by atoms with E-state index < -0.39 is 17.8 Å². The van der Waals surface area contributed by atoms with E-state index >= 15 is 0 Å². The summed E-state index contributed by atoms with van der Waals surface area (Å²) in [7, 11) is 0. The molecule has 2 amide bonds. The minimum absolute atomic E-state index is 0.122. The van der Waals surface area contributed by atoms with E-state index in [1.165, 1.54) is 30.3 Å². The monoisotopic (exact) mass is 456 g/mol. The number of furan rings is 1. The average Bonchev–Trinajstić information content (AvgIpc) is 3.30. The highest BCUT2D eigenvalue weighted by Gasteiger charge is 2.35. The van der Waals surface area contributed by atoms with Crippen LogP contribution in [-0.2, 0) is 9.59 Å². The maximum absolute atomic E-state index is 12.8. The molecule has 0 atom stereocenters. The van der Waals surface area contributed by atoms with Gasteiger partial charge in [-0.05, 0) is 61.0 Å². The maximum atomic E-state index is 12.8. The van der Waals surface area contributed by atoms with E-state index in [9.17, 15) is 19.5 Å². The number of rotatable bonds is 4. The van der Waals surface area contributed by atoms with Crippen LogP contribution in [0, 0.1) is 6.92 Å². The van der Waals surface area contributed by atoms with Gasteiger partial charge in [0.25, 0.3) is 11.8 Å². The zero-order chi connectivity index (χ0) is 22.3. The van der Waals surface area contributed by atoms with E-state index in [1.54, 1.807) is 24.3 Å². The van der Waals surface area contributed by atoms with Gasteiger partial charge in [0.2, 0.25) is 0 Å². The van der Waals surface area contributed by atoms with Gasteiger partial charge < -0.3 is 9.52 Å². The molecule has 2 heterocycles. The molecule has 0 radical (unpaired) electrons. The Morgan fingerprint density at radius 2 is 1.84 bits per heavy atom. The molecule has 31 heavy (non-hydrogen) atoms. The number of carbonyl (C=O) groups is 3. The summed E-state index contributed by atoms with van der Waals surface area (Å²) in [5.41, 5.74) is 4.25. The highest BCUT2D eigenvalue weighted by Crippen LogP contribution is 2.31. The number of amides is 2. The number of aromatic carboxylic acids is 1. The molecule has 2 aromatic carbocycles. The second-order valence-electron chi connectivity index (χ2n) is 6.77. The number of hydrazine groups is 1. The van der Waals surface area contributed by atoms with Crippen LogP contribution in [0.15, 0.2) is 58.5 Å². The molecule has 0 spiro atoms. The molecule has 7 nitrogen and oxygen atoms in total. The number of nitrogens with zero attached hydrogens (tertiary/aromatic N) is 1. The first kappa shape index (κ1) is 20.7. The second-order valence-corrected chi connectivity index (χ2v) is 7.59. The number of hydrogen-bond acceptors (Lipinski definition) is 4. The molecule has 1 aliphatic rings. The van der Waals surface area contributed by atoms with Crippen molar-refractivity contribution in [1.29, 1.82) is 0 Å². The fourth-order valence-electron chi connectivity index (χ4n) is 3.10. The number of nitrogens with one attached hydrogen (secondary N) is 1. The predicted octanol–water partition coefficient (Wildman–Crippen LogP) is 4.72. The number of carboxylic acids is 1.